The third-order valence-electron chi connectivity index (χ3n) is 5.04. The zero-order valence-electron chi connectivity index (χ0n) is 15.9. The van der Waals surface area contributed by atoms with Gasteiger partial charge in [0, 0.05) is 30.2 Å². The molecule has 0 saturated carbocycles. The van der Waals surface area contributed by atoms with Gasteiger partial charge in [-0.05, 0) is 49.6 Å². The summed E-state index contributed by atoms with van der Waals surface area (Å²) in [6.07, 6.45) is 6.13. The summed E-state index contributed by atoms with van der Waals surface area (Å²) in [5, 5.41) is 1.21. The first-order valence-electron chi connectivity index (χ1n) is 9.43. The Hall–Kier alpha value is -2.36. The van der Waals surface area contributed by atoms with E-state index in [0.717, 1.165) is 30.5 Å². The molecule has 2 heterocycles. The minimum Gasteiger partial charge on any atom is -0.476 e. The predicted octanol–water partition coefficient (Wildman–Crippen LogP) is 5.60. The van der Waals surface area contributed by atoms with E-state index in [2.05, 4.69) is 36.4 Å². The zero-order valence-corrected chi connectivity index (χ0v) is 15.9. The van der Waals surface area contributed by atoms with E-state index in [-0.39, 0.29) is 5.82 Å². The minimum atomic E-state index is -0.211. The molecule has 1 aromatic carbocycles. The van der Waals surface area contributed by atoms with Crippen LogP contribution in [0, 0.1) is 19.7 Å². The molecule has 0 aliphatic carbocycles. The third-order valence-corrected chi connectivity index (χ3v) is 5.04. The van der Waals surface area contributed by atoms with E-state index in [0.29, 0.717) is 12.5 Å². The van der Waals surface area contributed by atoms with Crippen LogP contribution in [0.3, 0.4) is 0 Å². The van der Waals surface area contributed by atoms with Gasteiger partial charge in [0.25, 0.3) is 0 Å². The number of unbranched alkanes of at least 4 members (excludes halogenated alkanes) is 2. The summed E-state index contributed by atoms with van der Waals surface area (Å²) >= 11 is 0. The molecule has 0 fully saturated rings. The van der Waals surface area contributed by atoms with Gasteiger partial charge in [0.2, 0.25) is 5.88 Å². The van der Waals surface area contributed by atoms with Crippen LogP contribution in [0.2, 0.25) is 0 Å². The Morgan fingerprint density at radius 1 is 1.08 bits per heavy atom. The summed E-state index contributed by atoms with van der Waals surface area (Å²) < 4.78 is 21.4. The maximum absolute atomic E-state index is 13.0. The molecule has 3 aromatic rings. The molecule has 0 aliphatic rings. The second kappa shape index (κ2) is 8.35. The fourth-order valence-corrected chi connectivity index (χ4v) is 3.38. The summed E-state index contributed by atoms with van der Waals surface area (Å²) in [7, 11) is 0. The number of pyridine rings is 1. The number of halogens is 1. The van der Waals surface area contributed by atoms with Crippen molar-refractivity contribution in [1.82, 2.24) is 9.55 Å². The van der Waals surface area contributed by atoms with Crippen molar-refractivity contribution in [3.63, 3.8) is 0 Å². The van der Waals surface area contributed by atoms with Crippen LogP contribution >= 0.6 is 0 Å². The van der Waals surface area contributed by atoms with Crippen LogP contribution in [0.15, 0.2) is 36.5 Å². The predicted molar refractivity (Wildman–Crippen MR) is 104 cm³/mol. The van der Waals surface area contributed by atoms with Gasteiger partial charge in [-0.2, -0.15) is 0 Å². The Kier molecular flexibility index (Phi) is 5.92. The summed E-state index contributed by atoms with van der Waals surface area (Å²) in [4.78, 5) is 4.49. The summed E-state index contributed by atoms with van der Waals surface area (Å²) in [5.41, 5.74) is 4.73. The number of ether oxygens (including phenoxy) is 1. The Bertz CT molecular complexity index is 868. The Morgan fingerprint density at radius 3 is 2.58 bits per heavy atom. The molecular weight excluding hydrogens is 327 g/mol. The second-order valence-corrected chi connectivity index (χ2v) is 6.81. The van der Waals surface area contributed by atoms with E-state index >= 15 is 0 Å². The highest BCUT2D eigenvalue weighted by Crippen LogP contribution is 2.31. The van der Waals surface area contributed by atoms with Crippen LogP contribution < -0.4 is 4.74 Å². The van der Waals surface area contributed by atoms with Crippen molar-refractivity contribution in [2.45, 2.75) is 53.0 Å². The molecule has 0 saturated heterocycles. The lowest BCUT2D eigenvalue weighted by atomic mass is 10.1. The van der Waals surface area contributed by atoms with E-state index in [1.807, 2.05) is 6.20 Å². The van der Waals surface area contributed by atoms with Crippen molar-refractivity contribution in [1.29, 1.82) is 0 Å². The highest BCUT2D eigenvalue weighted by molar-refractivity contribution is 5.88. The normalized spacial score (nSPS) is 11.2. The number of rotatable bonds is 8. The van der Waals surface area contributed by atoms with Gasteiger partial charge in [-0.1, -0.05) is 31.9 Å². The Morgan fingerprint density at radius 2 is 1.85 bits per heavy atom. The minimum absolute atomic E-state index is 0.211. The molecule has 0 atom stereocenters. The third kappa shape index (κ3) is 3.90. The average molecular weight is 354 g/mol. The molecule has 3 nitrogen and oxygen atoms in total. The maximum atomic E-state index is 13.0. The molecule has 4 heteroatoms. The molecule has 138 valence electrons. The fourth-order valence-electron chi connectivity index (χ4n) is 3.38. The van der Waals surface area contributed by atoms with E-state index in [4.69, 9.17) is 4.74 Å². The monoisotopic (exact) mass is 354 g/mol. The maximum Gasteiger partial charge on any atom is 0.238 e. The van der Waals surface area contributed by atoms with Crippen molar-refractivity contribution >= 4 is 10.9 Å². The topological polar surface area (TPSA) is 27.1 Å². The van der Waals surface area contributed by atoms with Gasteiger partial charge < -0.3 is 9.30 Å². The number of hydrogen-bond donors (Lipinski definition) is 0. The van der Waals surface area contributed by atoms with E-state index in [9.17, 15) is 4.39 Å². The highest BCUT2D eigenvalue weighted by Gasteiger charge is 2.16. The van der Waals surface area contributed by atoms with Gasteiger partial charge in [-0.25, -0.2) is 9.37 Å². The highest BCUT2D eigenvalue weighted by atomic mass is 19.1. The molecule has 2 aromatic heterocycles. The smallest absolute Gasteiger partial charge is 0.238 e. The van der Waals surface area contributed by atoms with Crippen LogP contribution in [0.1, 0.15) is 43.0 Å². The number of benzene rings is 1. The largest absolute Gasteiger partial charge is 0.476 e. The molecule has 0 N–H and O–H groups in total. The van der Waals surface area contributed by atoms with E-state index in [1.54, 1.807) is 12.1 Å². The molecule has 0 unspecified atom stereocenters. The van der Waals surface area contributed by atoms with Crippen molar-refractivity contribution in [3.8, 4) is 5.88 Å². The lowest BCUT2D eigenvalue weighted by Gasteiger charge is -2.12. The van der Waals surface area contributed by atoms with Crippen molar-refractivity contribution in [2.75, 3.05) is 6.61 Å². The average Bonchev–Trinajstić information content (AvgIpc) is 2.89. The molecule has 0 bridgehead atoms. The number of fused-ring (bicyclic) bond motifs is 1. The molecule has 0 aliphatic heterocycles. The molecule has 26 heavy (non-hydrogen) atoms. The standard InChI is InChI=1S/C22H27FN2O/c1-4-5-6-14-25-17(3)16(2)20-11-13-24-22(21(20)25)26-15-12-18-7-9-19(23)10-8-18/h7-11,13H,4-6,12,14-15H2,1-3H3. The lowest BCUT2D eigenvalue weighted by molar-refractivity contribution is 0.312. The zero-order chi connectivity index (χ0) is 18.5. The van der Waals surface area contributed by atoms with E-state index < -0.39 is 0 Å². The molecule has 0 spiro atoms. The SMILES string of the molecule is CCCCCn1c(C)c(C)c2ccnc(OCCc3ccc(F)cc3)c21. The van der Waals surface area contributed by atoms with Gasteiger partial charge >= 0.3 is 0 Å². The van der Waals surface area contributed by atoms with Crippen LogP contribution in [-0.4, -0.2) is 16.2 Å². The molecule has 3 rings (SSSR count). The lowest BCUT2D eigenvalue weighted by Crippen LogP contribution is -2.06. The Labute approximate surface area is 154 Å². The van der Waals surface area contributed by atoms with Crippen LogP contribution in [0.5, 0.6) is 5.88 Å². The summed E-state index contributed by atoms with van der Waals surface area (Å²) in [6.45, 7) is 8.07. The molecular formula is C22H27FN2O. The van der Waals surface area contributed by atoms with Gasteiger partial charge in [0.05, 0.1) is 6.61 Å². The van der Waals surface area contributed by atoms with Crippen molar-refractivity contribution in [2.24, 2.45) is 0 Å². The first-order chi connectivity index (χ1) is 12.6. The van der Waals surface area contributed by atoms with Crippen molar-refractivity contribution in [3.05, 3.63) is 59.2 Å². The van der Waals surface area contributed by atoms with Gasteiger partial charge in [-0.3, -0.25) is 0 Å². The number of aromatic nitrogens is 2. The molecule has 0 radical (unpaired) electrons. The number of aryl methyl sites for hydroxylation is 2. The van der Waals surface area contributed by atoms with Crippen LogP contribution in [-0.2, 0) is 13.0 Å². The van der Waals surface area contributed by atoms with Crippen LogP contribution in [0.4, 0.5) is 4.39 Å². The van der Waals surface area contributed by atoms with Crippen molar-refractivity contribution < 1.29 is 9.13 Å². The first-order valence-corrected chi connectivity index (χ1v) is 9.43. The van der Waals surface area contributed by atoms with E-state index in [1.165, 1.54) is 41.6 Å². The second-order valence-electron chi connectivity index (χ2n) is 6.81. The van der Waals surface area contributed by atoms with Gasteiger partial charge in [0.15, 0.2) is 0 Å². The fraction of sp³-hybridized carbons (Fsp3) is 0.409. The quantitative estimate of drug-likeness (QED) is 0.492. The van der Waals surface area contributed by atoms with Gasteiger partial charge in [0.1, 0.15) is 11.3 Å². The molecule has 0 amide bonds. The summed E-state index contributed by atoms with van der Waals surface area (Å²) in [6, 6.07) is 8.64. The van der Waals surface area contributed by atoms with Crippen LogP contribution in [0.25, 0.3) is 10.9 Å². The Balaban J connectivity index is 1.80. The first kappa shape index (κ1) is 18.4. The number of hydrogen-bond acceptors (Lipinski definition) is 2. The summed E-state index contributed by atoms with van der Waals surface area (Å²) in [5.74, 6) is 0.481. The number of nitrogens with zero attached hydrogens (tertiary/aromatic N) is 2. The van der Waals surface area contributed by atoms with Gasteiger partial charge in [-0.15, -0.1) is 0 Å².